The molecule has 1 fully saturated rings. The molecule has 1 aliphatic heterocycles. The van der Waals surface area contributed by atoms with Gasteiger partial charge in [0.1, 0.15) is 12.4 Å². The lowest BCUT2D eigenvalue weighted by Crippen LogP contribution is -2.44. The van der Waals surface area contributed by atoms with Gasteiger partial charge >= 0.3 is 0 Å². The Balaban J connectivity index is 1.28. The second-order valence-corrected chi connectivity index (χ2v) is 10.9. The topological polar surface area (TPSA) is 67.9 Å². The monoisotopic (exact) mass is 502 g/mol. The van der Waals surface area contributed by atoms with Gasteiger partial charge in [0, 0.05) is 36.7 Å². The van der Waals surface area contributed by atoms with Gasteiger partial charge in [-0.3, -0.25) is 14.5 Å². The molecule has 6 heteroatoms. The average molecular weight is 503 g/mol. The number of carbonyl (C=O) groups excluding carboxylic acids is 2. The predicted molar refractivity (Wildman–Crippen MR) is 147 cm³/mol. The maximum Gasteiger partial charge on any atom is 0.251 e. The van der Waals surface area contributed by atoms with Gasteiger partial charge in [0.25, 0.3) is 5.91 Å². The third kappa shape index (κ3) is 7.40. The Labute approximate surface area is 219 Å². The van der Waals surface area contributed by atoms with Gasteiger partial charge in [0.05, 0.1) is 13.7 Å². The van der Waals surface area contributed by atoms with Crippen LogP contribution in [0.15, 0.2) is 60.7 Å². The molecule has 0 radical (unpaired) electrons. The number of nitrogens with zero attached hydrogens (tertiary/aromatic N) is 1. The number of ether oxygens (including phenoxy) is 2. The Morgan fingerprint density at radius 2 is 1.65 bits per heavy atom. The van der Waals surface area contributed by atoms with E-state index in [-0.39, 0.29) is 29.8 Å². The third-order valence-electron chi connectivity index (χ3n) is 6.97. The third-order valence-corrected chi connectivity index (χ3v) is 6.97. The molecule has 0 spiro atoms. The summed E-state index contributed by atoms with van der Waals surface area (Å²) in [6.07, 6.45) is 1.86. The molecule has 1 amide bonds. The van der Waals surface area contributed by atoms with Gasteiger partial charge < -0.3 is 14.8 Å². The van der Waals surface area contributed by atoms with E-state index in [1.54, 1.807) is 13.2 Å². The number of amides is 1. The number of ketones is 1. The predicted octanol–water partition coefficient (Wildman–Crippen LogP) is 5.37. The molecule has 1 heterocycles. The number of hydrogen-bond donors (Lipinski definition) is 1. The van der Waals surface area contributed by atoms with Crippen molar-refractivity contribution in [3.8, 4) is 5.75 Å². The van der Waals surface area contributed by atoms with Crippen LogP contribution in [-0.2, 0) is 22.7 Å². The van der Waals surface area contributed by atoms with E-state index in [1.165, 1.54) is 16.3 Å². The highest BCUT2D eigenvalue weighted by atomic mass is 16.5. The number of methoxy groups -OCH3 is 1. The molecule has 0 aromatic heterocycles. The van der Waals surface area contributed by atoms with Crippen LogP contribution >= 0.6 is 0 Å². The zero-order valence-corrected chi connectivity index (χ0v) is 22.4. The summed E-state index contributed by atoms with van der Waals surface area (Å²) >= 11 is 0. The standard InChI is InChI=1S/C31H38N2O4/c1-31(2,3)29(34)21-37-20-23-9-11-24-10-8-22(16-26(24)17-23)19-33-14-12-27(13-15-33)32-30(35)25-6-5-7-28(18-25)36-4/h5-11,16-18,27H,12-15,19-21H2,1-4H3,(H,32,35). The van der Waals surface area contributed by atoms with E-state index < -0.39 is 0 Å². The lowest BCUT2D eigenvalue weighted by molar-refractivity contribution is -0.131. The quantitative estimate of drug-likeness (QED) is 0.426. The number of rotatable bonds is 9. The number of benzene rings is 3. The van der Waals surface area contributed by atoms with E-state index in [0.29, 0.717) is 17.9 Å². The van der Waals surface area contributed by atoms with E-state index in [0.717, 1.165) is 38.0 Å². The molecule has 0 saturated carbocycles. The number of hydrogen-bond acceptors (Lipinski definition) is 5. The van der Waals surface area contributed by atoms with E-state index >= 15 is 0 Å². The molecule has 1 saturated heterocycles. The van der Waals surface area contributed by atoms with Gasteiger partial charge in [-0.1, -0.05) is 51.1 Å². The van der Waals surface area contributed by atoms with Crippen LogP contribution in [-0.4, -0.2) is 49.4 Å². The largest absolute Gasteiger partial charge is 0.497 e. The summed E-state index contributed by atoms with van der Waals surface area (Å²) in [5.74, 6) is 0.752. The van der Waals surface area contributed by atoms with Crippen molar-refractivity contribution < 1.29 is 19.1 Å². The van der Waals surface area contributed by atoms with Crippen molar-refractivity contribution in [2.24, 2.45) is 5.41 Å². The normalized spacial score (nSPS) is 15.0. The maximum absolute atomic E-state index is 12.6. The van der Waals surface area contributed by atoms with E-state index in [4.69, 9.17) is 9.47 Å². The fraction of sp³-hybridized carbons (Fsp3) is 0.419. The van der Waals surface area contributed by atoms with Crippen LogP contribution in [0, 0.1) is 5.41 Å². The minimum absolute atomic E-state index is 0.0468. The Kier molecular flexibility index (Phi) is 8.62. The van der Waals surface area contributed by atoms with Crippen LogP contribution < -0.4 is 10.1 Å². The second kappa shape index (κ2) is 11.9. The first kappa shape index (κ1) is 26.8. The first-order valence-corrected chi connectivity index (χ1v) is 13.0. The fourth-order valence-electron chi connectivity index (χ4n) is 4.54. The molecule has 3 aromatic rings. The van der Waals surface area contributed by atoms with Crippen LogP contribution in [0.3, 0.4) is 0 Å². The number of carbonyl (C=O) groups is 2. The van der Waals surface area contributed by atoms with Crippen molar-refractivity contribution >= 4 is 22.5 Å². The van der Waals surface area contributed by atoms with Crippen LogP contribution in [0.2, 0.25) is 0 Å². The van der Waals surface area contributed by atoms with Crippen molar-refractivity contribution in [3.63, 3.8) is 0 Å². The zero-order chi connectivity index (χ0) is 26.4. The number of likely N-dealkylation sites (tertiary alicyclic amines) is 1. The van der Waals surface area contributed by atoms with Gasteiger partial charge in [-0.25, -0.2) is 0 Å². The smallest absolute Gasteiger partial charge is 0.251 e. The van der Waals surface area contributed by atoms with Gasteiger partial charge in [0.2, 0.25) is 0 Å². The number of piperidine rings is 1. The fourth-order valence-corrected chi connectivity index (χ4v) is 4.54. The van der Waals surface area contributed by atoms with Crippen molar-refractivity contribution in [1.82, 2.24) is 10.2 Å². The van der Waals surface area contributed by atoms with E-state index in [1.807, 2.05) is 39.0 Å². The van der Waals surface area contributed by atoms with Crippen molar-refractivity contribution in [2.45, 2.75) is 52.8 Å². The highest BCUT2D eigenvalue weighted by molar-refractivity contribution is 5.94. The minimum Gasteiger partial charge on any atom is -0.497 e. The Hall–Kier alpha value is -3.22. The van der Waals surface area contributed by atoms with Crippen LogP contribution in [0.4, 0.5) is 0 Å². The summed E-state index contributed by atoms with van der Waals surface area (Å²) in [5, 5.41) is 5.55. The average Bonchev–Trinajstić information content (AvgIpc) is 2.89. The minimum atomic E-state index is -0.381. The summed E-state index contributed by atoms with van der Waals surface area (Å²) in [6.45, 7) is 9.07. The maximum atomic E-state index is 12.6. The number of nitrogens with one attached hydrogen (secondary N) is 1. The highest BCUT2D eigenvalue weighted by Crippen LogP contribution is 2.22. The molecule has 0 atom stereocenters. The van der Waals surface area contributed by atoms with Gasteiger partial charge in [-0.15, -0.1) is 0 Å². The molecule has 3 aromatic carbocycles. The summed E-state index contributed by atoms with van der Waals surface area (Å²) in [7, 11) is 1.61. The molecule has 196 valence electrons. The SMILES string of the molecule is COc1cccc(C(=O)NC2CCN(Cc3ccc4ccc(COCC(=O)C(C)(C)C)cc4c3)CC2)c1. The molecule has 6 nitrogen and oxygen atoms in total. The summed E-state index contributed by atoms with van der Waals surface area (Å²) in [4.78, 5) is 27.2. The zero-order valence-electron chi connectivity index (χ0n) is 22.4. The molecular formula is C31H38N2O4. The molecule has 0 unspecified atom stereocenters. The molecule has 0 bridgehead atoms. The Morgan fingerprint density at radius 1 is 0.946 bits per heavy atom. The van der Waals surface area contributed by atoms with E-state index in [9.17, 15) is 9.59 Å². The van der Waals surface area contributed by atoms with Gasteiger partial charge in [-0.2, -0.15) is 0 Å². The second-order valence-electron chi connectivity index (χ2n) is 10.9. The molecule has 0 aliphatic carbocycles. The van der Waals surface area contributed by atoms with Crippen molar-refractivity contribution in [1.29, 1.82) is 0 Å². The Bertz CT molecular complexity index is 1240. The molecular weight excluding hydrogens is 464 g/mol. The van der Waals surface area contributed by atoms with Crippen LogP contribution in [0.5, 0.6) is 5.75 Å². The van der Waals surface area contributed by atoms with E-state index in [2.05, 4.69) is 46.6 Å². The summed E-state index contributed by atoms with van der Waals surface area (Å²) < 4.78 is 10.9. The lowest BCUT2D eigenvalue weighted by Gasteiger charge is -2.32. The summed E-state index contributed by atoms with van der Waals surface area (Å²) in [5.41, 5.74) is 2.59. The number of Topliss-reactive ketones (excluding diaryl/α,β-unsaturated/α-hetero) is 1. The first-order valence-electron chi connectivity index (χ1n) is 13.0. The lowest BCUT2D eigenvalue weighted by atomic mass is 9.91. The Morgan fingerprint density at radius 3 is 2.35 bits per heavy atom. The molecule has 37 heavy (non-hydrogen) atoms. The molecule has 1 N–H and O–H groups in total. The van der Waals surface area contributed by atoms with Crippen LogP contribution in [0.25, 0.3) is 10.8 Å². The molecule has 4 rings (SSSR count). The molecule has 1 aliphatic rings. The first-order chi connectivity index (χ1) is 17.7. The van der Waals surface area contributed by atoms with Crippen LogP contribution in [0.1, 0.15) is 55.1 Å². The van der Waals surface area contributed by atoms with Crippen molar-refractivity contribution in [3.05, 3.63) is 77.4 Å². The van der Waals surface area contributed by atoms with Gasteiger partial charge in [-0.05, 0) is 65.1 Å². The number of fused-ring (bicyclic) bond motifs is 1. The van der Waals surface area contributed by atoms with Gasteiger partial charge in [0.15, 0.2) is 5.78 Å². The summed E-state index contributed by atoms with van der Waals surface area (Å²) in [6, 6.07) is 20.4. The van der Waals surface area contributed by atoms with Crippen molar-refractivity contribution in [2.75, 3.05) is 26.8 Å². The highest BCUT2D eigenvalue weighted by Gasteiger charge is 2.22.